The van der Waals surface area contributed by atoms with Crippen molar-refractivity contribution in [3.05, 3.63) is 42.2 Å². The Bertz CT molecular complexity index is 657. The second-order valence-corrected chi connectivity index (χ2v) is 4.53. The number of hydrogen-bond acceptors (Lipinski definition) is 2. The maximum absolute atomic E-state index is 13.6. The van der Waals surface area contributed by atoms with E-state index in [1.54, 1.807) is 0 Å². The topological polar surface area (TPSA) is 26.0 Å². The normalized spacial score (nSPS) is 11.3. The number of hydrogen-bond donors (Lipinski definition) is 1. The highest BCUT2D eigenvalue weighted by Crippen LogP contribution is 2.36. The lowest BCUT2D eigenvalue weighted by atomic mass is 10.1. The first-order chi connectivity index (χ1) is 7.25. The SMILES string of the molecule is Nc1cc(F)c2sc3ccccc3c2c1. The number of nitrogens with two attached hydrogens (primary N) is 1. The van der Waals surface area contributed by atoms with Crippen LogP contribution in [0.15, 0.2) is 36.4 Å². The average Bonchev–Trinajstić information content (AvgIpc) is 2.57. The van der Waals surface area contributed by atoms with Crippen molar-refractivity contribution in [3.8, 4) is 0 Å². The first kappa shape index (κ1) is 8.68. The lowest BCUT2D eigenvalue weighted by Gasteiger charge is -1.95. The molecule has 0 saturated heterocycles. The van der Waals surface area contributed by atoms with Crippen LogP contribution in [-0.4, -0.2) is 0 Å². The number of anilines is 1. The Morgan fingerprint density at radius 1 is 1.07 bits per heavy atom. The molecule has 1 nitrogen and oxygen atoms in total. The summed E-state index contributed by atoms with van der Waals surface area (Å²) in [5.74, 6) is -0.230. The Balaban J connectivity index is 2.61. The van der Waals surface area contributed by atoms with Crippen LogP contribution in [0.25, 0.3) is 20.2 Å². The van der Waals surface area contributed by atoms with Crippen molar-refractivity contribution in [3.63, 3.8) is 0 Å². The molecule has 0 amide bonds. The van der Waals surface area contributed by atoms with Gasteiger partial charge >= 0.3 is 0 Å². The summed E-state index contributed by atoms with van der Waals surface area (Å²) < 4.78 is 15.4. The van der Waals surface area contributed by atoms with Crippen LogP contribution in [0.5, 0.6) is 0 Å². The fourth-order valence-corrected chi connectivity index (χ4v) is 2.90. The van der Waals surface area contributed by atoms with Crippen molar-refractivity contribution in [2.75, 3.05) is 5.73 Å². The fourth-order valence-electron chi connectivity index (χ4n) is 1.81. The van der Waals surface area contributed by atoms with E-state index in [2.05, 4.69) is 0 Å². The molecule has 15 heavy (non-hydrogen) atoms. The molecule has 0 atom stereocenters. The maximum atomic E-state index is 13.6. The lowest BCUT2D eigenvalue weighted by Crippen LogP contribution is -1.85. The molecule has 0 fully saturated rings. The van der Waals surface area contributed by atoms with E-state index in [-0.39, 0.29) is 5.82 Å². The van der Waals surface area contributed by atoms with E-state index < -0.39 is 0 Å². The highest BCUT2D eigenvalue weighted by molar-refractivity contribution is 7.25. The van der Waals surface area contributed by atoms with Crippen LogP contribution in [0.4, 0.5) is 10.1 Å². The Labute approximate surface area is 89.9 Å². The van der Waals surface area contributed by atoms with E-state index in [4.69, 9.17) is 5.73 Å². The number of benzene rings is 2. The first-order valence-electron chi connectivity index (χ1n) is 4.62. The second-order valence-electron chi connectivity index (χ2n) is 3.48. The Hall–Kier alpha value is -1.61. The molecular formula is C12H8FNS. The third-order valence-electron chi connectivity index (χ3n) is 2.46. The Morgan fingerprint density at radius 3 is 2.73 bits per heavy atom. The summed E-state index contributed by atoms with van der Waals surface area (Å²) in [6, 6.07) is 11.1. The van der Waals surface area contributed by atoms with E-state index in [0.29, 0.717) is 10.4 Å². The van der Waals surface area contributed by atoms with Gasteiger partial charge in [0.2, 0.25) is 0 Å². The lowest BCUT2D eigenvalue weighted by molar-refractivity contribution is 0.642. The molecule has 2 N–H and O–H groups in total. The molecular weight excluding hydrogens is 209 g/mol. The minimum Gasteiger partial charge on any atom is -0.399 e. The van der Waals surface area contributed by atoms with Crippen LogP contribution in [-0.2, 0) is 0 Å². The van der Waals surface area contributed by atoms with Gasteiger partial charge < -0.3 is 5.73 Å². The van der Waals surface area contributed by atoms with Gasteiger partial charge in [0, 0.05) is 21.2 Å². The molecule has 0 spiro atoms. The predicted molar refractivity (Wildman–Crippen MR) is 63.7 cm³/mol. The molecule has 3 heteroatoms. The number of fused-ring (bicyclic) bond motifs is 3. The van der Waals surface area contributed by atoms with E-state index in [1.165, 1.54) is 17.4 Å². The van der Waals surface area contributed by atoms with Gasteiger partial charge in [-0.15, -0.1) is 11.3 Å². The van der Waals surface area contributed by atoms with Crippen LogP contribution in [0.2, 0.25) is 0 Å². The van der Waals surface area contributed by atoms with Crippen molar-refractivity contribution in [2.24, 2.45) is 0 Å². The van der Waals surface area contributed by atoms with E-state index in [9.17, 15) is 4.39 Å². The molecule has 1 heterocycles. The maximum Gasteiger partial charge on any atom is 0.143 e. The average molecular weight is 217 g/mol. The molecule has 0 aliphatic heterocycles. The van der Waals surface area contributed by atoms with Crippen LogP contribution in [0.1, 0.15) is 0 Å². The van der Waals surface area contributed by atoms with Crippen LogP contribution >= 0.6 is 11.3 Å². The van der Waals surface area contributed by atoms with E-state index in [1.807, 2.05) is 30.3 Å². The molecule has 0 saturated carbocycles. The minimum absolute atomic E-state index is 0.230. The van der Waals surface area contributed by atoms with Crippen LogP contribution < -0.4 is 5.73 Å². The van der Waals surface area contributed by atoms with Gasteiger partial charge in [-0.05, 0) is 18.2 Å². The second kappa shape index (κ2) is 2.94. The zero-order valence-corrected chi connectivity index (χ0v) is 8.64. The smallest absolute Gasteiger partial charge is 0.143 e. The van der Waals surface area contributed by atoms with Crippen molar-refractivity contribution < 1.29 is 4.39 Å². The predicted octanol–water partition coefficient (Wildman–Crippen LogP) is 3.78. The molecule has 0 aliphatic rings. The minimum atomic E-state index is -0.230. The van der Waals surface area contributed by atoms with Gasteiger partial charge in [0.15, 0.2) is 0 Å². The number of rotatable bonds is 0. The van der Waals surface area contributed by atoms with Gasteiger partial charge in [-0.1, -0.05) is 18.2 Å². The van der Waals surface area contributed by atoms with Crippen LogP contribution in [0, 0.1) is 5.82 Å². The summed E-state index contributed by atoms with van der Waals surface area (Å²) >= 11 is 1.47. The summed E-state index contributed by atoms with van der Waals surface area (Å²) in [6.07, 6.45) is 0. The van der Waals surface area contributed by atoms with Crippen molar-refractivity contribution in [2.45, 2.75) is 0 Å². The van der Waals surface area contributed by atoms with Gasteiger partial charge in [0.25, 0.3) is 0 Å². The first-order valence-corrected chi connectivity index (χ1v) is 5.43. The van der Waals surface area contributed by atoms with Crippen LogP contribution in [0.3, 0.4) is 0 Å². The zero-order chi connectivity index (χ0) is 10.4. The molecule has 0 unspecified atom stereocenters. The Morgan fingerprint density at radius 2 is 1.87 bits per heavy atom. The molecule has 3 rings (SSSR count). The monoisotopic (exact) mass is 217 g/mol. The largest absolute Gasteiger partial charge is 0.399 e. The van der Waals surface area contributed by atoms with Crippen molar-refractivity contribution in [1.29, 1.82) is 0 Å². The standard InChI is InChI=1S/C12H8FNS/c13-10-6-7(14)5-9-8-3-1-2-4-11(8)15-12(9)10/h1-6H,14H2. The van der Waals surface area contributed by atoms with Gasteiger partial charge in [0.1, 0.15) is 5.82 Å². The summed E-state index contributed by atoms with van der Waals surface area (Å²) in [6.45, 7) is 0. The van der Waals surface area contributed by atoms with Gasteiger partial charge in [-0.25, -0.2) is 4.39 Å². The molecule has 0 bridgehead atoms. The summed E-state index contributed by atoms with van der Waals surface area (Å²) in [4.78, 5) is 0. The molecule has 0 aliphatic carbocycles. The van der Waals surface area contributed by atoms with E-state index >= 15 is 0 Å². The molecule has 3 aromatic rings. The third-order valence-corrected chi connectivity index (χ3v) is 3.65. The number of thiophene rings is 1. The number of halogens is 1. The van der Waals surface area contributed by atoms with Crippen molar-refractivity contribution >= 4 is 37.2 Å². The van der Waals surface area contributed by atoms with Gasteiger partial charge in [-0.3, -0.25) is 0 Å². The van der Waals surface area contributed by atoms with Crippen molar-refractivity contribution in [1.82, 2.24) is 0 Å². The molecule has 1 aromatic heterocycles. The van der Waals surface area contributed by atoms with E-state index in [0.717, 1.165) is 15.5 Å². The fraction of sp³-hybridized carbons (Fsp3) is 0. The van der Waals surface area contributed by atoms with Gasteiger partial charge in [0.05, 0.1) is 4.70 Å². The molecule has 74 valence electrons. The Kier molecular flexibility index (Phi) is 1.70. The quantitative estimate of drug-likeness (QED) is 0.570. The summed E-state index contributed by atoms with van der Waals surface area (Å²) in [5, 5.41) is 1.98. The zero-order valence-electron chi connectivity index (χ0n) is 7.83. The number of nitrogen functional groups attached to an aromatic ring is 1. The molecule has 0 radical (unpaired) electrons. The summed E-state index contributed by atoms with van der Waals surface area (Å²) in [7, 11) is 0. The molecule has 2 aromatic carbocycles. The third kappa shape index (κ3) is 1.20. The highest BCUT2D eigenvalue weighted by atomic mass is 32.1. The highest BCUT2D eigenvalue weighted by Gasteiger charge is 2.08. The van der Waals surface area contributed by atoms with Gasteiger partial charge in [-0.2, -0.15) is 0 Å². The summed E-state index contributed by atoms with van der Waals surface area (Å²) in [5.41, 5.74) is 6.12.